The van der Waals surface area contributed by atoms with Gasteiger partial charge in [-0.15, -0.1) is 0 Å². The van der Waals surface area contributed by atoms with Crippen LogP contribution >= 0.6 is 0 Å². The minimum Gasteiger partial charge on any atom is -0.382 e. The van der Waals surface area contributed by atoms with Crippen LogP contribution in [0.15, 0.2) is 6.20 Å². The van der Waals surface area contributed by atoms with Gasteiger partial charge in [0, 0.05) is 12.6 Å². The average Bonchev–Trinajstić information content (AvgIpc) is 2.47. The molecule has 74 valence electrons. The van der Waals surface area contributed by atoms with Gasteiger partial charge in [0.1, 0.15) is 5.82 Å². The molecule has 1 aromatic rings. The zero-order valence-corrected chi connectivity index (χ0v) is 8.54. The van der Waals surface area contributed by atoms with Gasteiger partial charge in [-0.3, -0.25) is 5.10 Å². The second-order valence-electron chi connectivity index (χ2n) is 3.46. The molecule has 0 aromatic carbocycles. The number of rotatable bonds is 4. The number of nitrogens with zero attached hydrogens (tertiary/aromatic N) is 2. The monoisotopic (exact) mass is 182 g/mol. The summed E-state index contributed by atoms with van der Waals surface area (Å²) in [5.41, 5.74) is 6.76. The van der Waals surface area contributed by atoms with Gasteiger partial charge in [-0.25, -0.2) is 0 Å². The first-order valence-electron chi connectivity index (χ1n) is 4.72. The molecule has 3 N–H and O–H groups in total. The molecule has 0 aliphatic heterocycles. The molecule has 13 heavy (non-hydrogen) atoms. The molecule has 4 heteroatoms. The largest absolute Gasteiger partial charge is 0.382 e. The highest BCUT2D eigenvalue weighted by Crippen LogP contribution is 2.21. The van der Waals surface area contributed by atoms with E-state index in [9.17, 15) is 0 Å². The Labute approximate surface area is 79.1 Å². The maximum atomic E-state index is 5.75. The average molecular weight is 182 g/mol. The van der Waals surface area contributed by atoms with Crippen LogP contribution in [0.3, 0.4) is 0 Å². The van der Waals surface area contributed by atoms with Crippen molar-refractivity contribution in [2.75, 3.05) is 17.2 Å². The SMILES string of the molecule is CCCN(c1cn[nH]c1N)C(C)C. The zero-order chi connectivity index (χ0) is 9.84. The van der Waals surface area contributed by atoms with Crippen LogP contribution in [-0.4, -0.2) is 22.8 Å². The van der Waals surface area contributed by atoms with Crippen molar-refractivity contribution in [3.8, 4) is 0 Å². The van der Waals surface area contributed by atoms with Crippen LogP contribution < -0.4 is 10.6 Å². The molecule has 0 atom stereocenters. The van der Waals surface area contributed by atoms with E-state index in [1.807, 2.05) is 0 Å². The van der Waals surface area contributed by atoms with Gasteiger partial charge in [0.05, 0.1) is 11.9 Å². The smallest absolute Gasteiger partial charge is 0.142 e. The van der Waals surface area contributed by atoms with Crippen molar-refractivity contribution >= 4 is 11.5 Å². The number of aromatic amines is 1. The second kappa shape index (κ2) is 4.16. The van der Waals surface area contributed by atoms with Crippen LogP contribution in [0, 0.1) is 0 Å². The van der Waals surface area contributed by atoms with Crippen LogP contribution in [0.25, 0.3) is 0 Å². The highest BCUT2D eigenvalue weighted by Gasteiger charge is 2.13. The topological polar surface area (TPSA) is 57.9 Å². The summed E-state index contributed by atoms with van der Waals surface area (Å²) in [7, 11) is 0. The van der Waals surface area contributed by atoms with Crippen LogP contribution in [0.5, 0.6) is 0 Å². The number of nitrogens with one attached hydrogen (secondary N) is 1. The summed E-state index contributed by atoms with van der Waals surface area (Å²) in [6, 6.07) is 0.458. The van der Waals surface area contributed by atoms with E-state index in [0.29, 0.717) is 11.9 Å². The predicted molar refractivity (Wildman–Crippen MR) is 55.8 cm³/mol. The maximum Gasteiger partial charge on any atom is 0.142 e. The van der Waals surface area contributed by atoms with Crippen LogP contribution in [0.1, 0.15) is 27.2 Å². The van der Waals surface area contributed by atoms with Gasteiger partial charge in [0.2, 0.25) is 0 Å². The molecule has 0 fully saturated rings. The van der Waals surface area contributed by atoms with Crippen molar-refractivity contribution in [3.05, 3.63) is 6.20 Å². The second-order valence-corrected chi connectivity index (χ2v) is 3.46. The molecule has 1 aromatic heterocycles. The Hall–Kier alpha value is -1.19. The lowest BCUT2D eigenvalue weighted by Gasteiger charge is -2.27. The molecule has 0 radical (unpaired) electrons. The molecular formula is C9H18N4. The third-order valence-electron chi connectivity index (χ3n) is 2.05. The number of hydrogen-bond acceptors (Lipinski definition) is 3. The summed E-state index contributed by atoms with van der Waals surface area (Å²) in [6.07, 6.45) is 2.90. The fourth-order valence-electron chi connectivity index (χ4n) is 1.42. The molecule has 0 saturated carbocycles. The van der Waals surface area contributed by atoms with Crippen molar-refractivity contribution in [2.45, 2.75) is 33.2 Å². The summed E-state index contributed by atoms with van der Waals surface area (Å²) in [5.74, 6) is 0.655. The molecule has 0 aliphatic rings. The van der Waals surface area contributed by atoms with Gasteiger partial charge >= 0.3 is 0 Å². The Morgan fingerprint density at radius 2 is 2.31 bits per heavy atom. The molecule has 0 unspecified atom stereocenters. The van der Waals surface area contributed by atoms with E-state index >= 15 is 0 Å². The van der Waals surface area contributed by atoms with E-state index in [1.54, 1.807) is 6.20 Å². The van der Waals surface area contributed by atoms with Gasteiger partial charge in [0.25, 0.3) is 0 Å². The number of nitrogen functional groups attached to an aromatic ring is 1. The molecule has 0 amide bonds. The Morgan fingerprint density at radius 3 is 2.69 bits per heavy atom. The van der Waals surface area contributed by atoms with E-state index in [1.165, 1.54) is 0 Å². The van der Waals surface area contributed by atoms with Crippen molar-refractivity contribution in [1.82, 2.24) is 10.2 Å². The minimum atomic E-state index is 0.458. The van der Waals surface area contributed by atoms with Gasteiger partial charge in [-0.05, 0) is 20.3 Å². The van der Waals surface area contributed by atoms with Crippen molar-refractivity contribution in [1.29, 1.82) is 0 Å². The molecule has 4 nitrogen and oxygen atoms in total. The van der Waals surface area contributed by atoms with Crippen molar-refractivity contribution in [2.24, 2.45) is 0 Å². The van der Waals surface area contributed by atoms with Crippen LogP contribution in [0.4, 0.5) is 11.5 Å². The number of aromatic nitrogens is 2. The first kappa shape index (κ1) is 9.89. The summed E-state index contributed by atoms with van der Waals surface area (Å²) in [5, 5.41) is 6.66. The third-order valence-corrected chi connectivity index (χ3v) is 2.05. The van der Waals surface area contributed by atoms with Gasteiger partial charge < -0.3 is 10.6 Å². The summed E-state index contributed by atoms with van der Waals surface area (Å²) in [6.45, 7) is 7.48. The Kier molecular flexibility index (Phi) is 3.17. The van der Waals surface area contributed by atoms with E-state index in [2.05, 4.69) is 35.9 Å². The lowest BCUT2D eigenvalue weighted by Crippen LogP contribution is -2.31. The number of H-pyrrole nitrogens is 1. The van der Waals surface area contributed by atoms with Crippen LogP contribution in [0.2, 0.25) is 0 Å². The summed E-state index contributed by atoms with van der Waals surface area (Å²) in [4.78, 5) is 2.25. The van der Waals surface area contributed by atoms with E-state index in [4.69, 9.17) is 5.73 Å². The Morgan fingerprint density at radius 1 is 1.62 bits per heavy atom. The predicted octanol–water partition coefficient (Wildman–Crippen LogP) is 1.62. The lowest BCUT2D eigenvalue weighted by molar-refractivity contribution is 0.672. The molecule has 1 heterocycles. The Balaban J connectivity index is 2.82. The van der Waals surface area contributed by atoms with E-state index in [0.717, 1.165) is 18.7 Å². The molecule has 0 aliphatic carbocycles. The number of anilines is 2. The zero-order valence-electron chi connectivity index (χ0n) is 8.54. The normalized spacial score (nSPS) is 10.8. The fourth-order valence-corrected chi connectivity index (χ4v) is 1.42. The highest BCUT2D eigenvalue weighted by atomic mass is 15.2. The quantitative estimate of drug-likeness (QED) is 0.744. The van der Waals surface area contributed by atoms with Crippen molar-refractivity contribution in [3.63, 3.8) is 0 Å². The highest BCUT2D eigenvalue weighted by molar-refractivity contribution is 5.62. The molecule has 0 bridgehead atoms. The Bertz CT molecular complexity index is 254. The first-order chi connectivity index (χ1) is 6.16. The van der Waals surface area contributed by atoms with Gasteiger partial charge in [-0.2, -0.15) is 5.10 Å². The maximum absolute atomic E-state index is 5.75. The number of hydrogen-bond donors (Lipinski definition) is 2. The third kappa shape index (κ3) is 2.14. The lowest BCUT2D eigenvalue weighted by atomic mass is 10.2. The number of nitrogens with two attached hydrogens (primary N) is 1. The fraction of sp³-hybridized carbons (Fsp3) is 0.667. The van der Waals surface area contributed by atoms with Gasteiger partial charge in [-0.1, -0.05) is 6.92 Å². The molecule has 1 rings (SSSR count). The molecule has 0 saturated heterocycles. The minimum absolute atomic E-state index is 0.458. The molecular weight excluding hydrogens is 164 g/mol. The van der Waals surface area contributed by atoms with Crippen molar-refractivity contribution < 1.29 is 0 Å². The van der Waals surface area contributed by atoms with E-state index in [-0.39, 0.29) is 0 Å². The van der Waals surface area contributed by atoms with Gasteiger partial charge in [0.15, 0.2) is 0 Å². The molecule has 0 spiro atoms. The standard InChI is InChI=1S/C9H18N4/c1-4-5-13(7(2)3)8-6-11-12-9(8)10/h6-7H,4-5H2,1-3H3,(H3,10,11,12). The first-order valence-corrected chi connectivity index (χ1v) is 4.72. The van der Waals surface area contributed by atoms with Crippen LogP contribution in [-0.2, 0) is 0 Å². The van der Waals surface area contributed by atoms with E-state index < -0.39 is 0 Å². The summed E-state index contributed by atoms with van der Waals surface area (Å²) < 4.78 is 0. The summed E-state index contributed by atoms with van der Waals surface area (Å²) >= 11 is 0.